The van der Waals surface area contributed by atoms with E-state index in [1.807, 2.05) is 0 Å². The Bertz CT molecular complexity index is 302. The van der Waals surface area contributed by atoms with Gasteiger partial charge in [0.2, 0.25) is 0 Å². The Morgan fingerprint density at radius 1 is 1.64 bits per heavy atom. The van der Waals surface area contributed by atoms with Crippen LogP contribution in [0.3, 0.4) is 0 Å². The first-order valence-corrected chi connectivity index (χ1v) is 4.41. The molecule has 0 bridgehead atoms. The van der Waals surface area contributed by atoms with Crippen LogP contribution in [0.25, 0.3) is 0 Å². The van der Waals surface area contributed by atoms with Crippen molar-refractivity contribution in [3.63, 3.8) is 0 Å². The second kappa shape index (κ2) is 3.02. The maximum absolute atomic E-state index is 11.0. The molecule has 6 heteroatoms. The third kappa shape index (κ3) is 1.78. The Hall–Kier alpha value is -0.880. The minimum absolute atomic E-state index is 0.126. The van der Waals surface area contributed by atoms with Gasteiger partial charge in [-0.15, -0.1) is 0 Å². The standard InChI is InChI=1S/C5H8N2O3S/c1-2-10-11(8,9)7-4-3-6-5-7/h3-5H,2H2,1H3. The first-order valence-electron chi connectivity index (χ1n) is 3.04. The molecule has 0 saturated heterocycles. The van der Waals surface area contributed by atoms with E-state index in [0.29, 0.717) is 0 Å². The molecule has 0 radical (unpaired) electrons. The van der Waals surface area contributed by atoms with E-state index < -0.39 is 10.3 Å². The quantitative estimate of drug-likeness (QED) is 0.651. The van der Waals surface area contributed by atoms with Gasteiger partial charge in [-0.3, -0.25) is 4.18 Å². The normalized spacial score (nSPS) is 11.7. The zero-order valence-corrected chi connectivity index (χ0v) is 6.78. The molecule has 1 aromatic heterocycles. The zero-order chi connectivity index (χ0) is 8.32. The highest BCUT2D eigenvalue weighted by Crippen LogP contribution is 1.97. The Morgan fingerprint density at radius 2 is 2.36 bits per heavy atom. The van der Waals surface area contributed by atoms with Gasteiger partial charge in [-0.25, -0.2) is 8.96 Å². The highest BCUT2D eigenvalue weighted by molar-refractivity contribution is 7.85. The predicted molar refractivity (Wildman–Crippen MR) is 38.2 cm³/mol. The molecule has 1 aromatic rings. The predicted octanol–water partition coefficient (Wildman–Crippen LogP) is 0.0125. The summed E-state index contributed by atoms with van der Waals surface area (Å²) in [5, 5.41) is 0. The molecule has 0 aliphatic carbocycles. The molecular weight excluding hydrogens is 168 g/mol. The second-order valence-electron chi connectivity index (χ2n) is 1.76. The van der Waals surface area contributed by atoms with Crippen molar-refractivity contribution in [2.24, 2.45) is 0 Å². The van der Waals surface area contributed by atoms with Crippen molar-refractivity contribution in [2.45, 2.75) is 6.92 Å². The van der Waals surface area contributed by atoms with E-state index in [9.17, 15) is 8.42 Å². The molecule has 0 aliphatic rings. The van der Waals surface area contributed by atoms with Crippen LogP contribution in [-0.4, -0.2) is 24.0 Å². The van der Waals surface area contributed by atoms with E-state index >= 15 is 0 Å². The molecule has 1 rings (SSSR count). The van der Waals surface area contributed by atoms with Crippen LogP contribution in [0.2, 0.25) is 0 Å². The van der Waals surface area contributed by atoms with Gasteiger partial charge in [0.05, 0.1) is 6.61 Å². The summed E-state index contributed by atoms with van der Waals surface area (Å²) < 4.78 is 27.4. The summed E-state index contributed by atoms with van der Waals surface area (Å²) in [6.45, 7) is 1.73. The zero-order valence-electron chi connectivity index (χ0n) is 5.97. The van der Waals surface area contributed by atoms with Crippen molar-refractivity contribution < 1.29 is 12.6 Å². The van der Waals surface area contributed by atoms with Crippen LogP contribution in [0.15, 0.2) is 18.7 Å². The van der Waals surface area contributed by atoms with Gasteiger partial charge in [-0.05, 0) is 6.92 Å². The fourth-order valence-electron chi connectivity index (χ4n) is 0.589. The topological polar surface area (TPSA) is 61.2 Å². The van der Waals surface area contributed by atoms with Gasteiger partial charge in [-0.1, -0.05) is 0 Å². The summed E-state index contributed by atoms with van der Waals surface area (Å²) in [5.41, 5.74) is 0. The van der Waals surface area contributed by atoms with Crippen LogP contribution < -0.4 is 0 Å². The number of imidazole rings is 1. The molecule has 11 heavy (non-hydrogen) atoms. The van der Waals surface area contributed by atoms with Crippen LogP contribution in [0, 0.1) is 0 Å². The summed E-state index contributed by atoms with van der Waals surface area (Å²) in [5.74, 6) is 0. The van der Waals surface area contributed by atoms with Crippen molar-refractivity contribution in [1.29, 1.82) is 0 Å². The molecule has 62 valence electrons. The van der Waals surface area contributed by atoms with Gasteiger partial charge in [0.15, 0.2) is 0 Å². The third-order valence-corrected chi connectivity index (χ3v) is 2.27. The summed E-state index contributed by atoms with van der Waals surface area (Å²) in [7, 11) is -3.61. The molecule has 0 aliphatic heterocycles. The third-order valence-electron chi connectivity index (χ3n) is 1.01. The van der Waals surface area contributed by atoms with Crippen LogP contribution >= 0.6 is 0 Å². The Balaban J connectivity index is 2.92. The van der Waals surface area contributed by atoms with E-state index in [4.69, 9.17) is 0 Å². The van der Waals surface area contributed by atoms with Crippen molar-refractivity contribution >= 4 is 10.3 Å². The highest BCUT2D eigenvalue weighted by Gasteiger charge is 2.10. The minimum Gasteiger partial charge on any atom is -0.254 e. The molecule has 5 nitrogen and oxygen atoms in total. The average Bonchev–Trinajstić information content (AvgIpc) is 2.37. The molecule has 0 spiro atoms. The van der Waals surface area contributed by atoms with Gasteiger partial charge in [0.25, 0.3) is 0 Å². The van der Waals surface area contributed by atoms with E-state index in [0.717, 1.165) is 3.97 Å². The number of hydrogen-bond acceptors (Lipinski definition) is 4. The van der Waals surface area contributed by atoms with E-state index in [2.05, 4.69) is 9.17 Å². The van der Waals surface area contributed by atoms with Gasteiger partial charge in [0.1, 0.15) is 6.33 Å². The smallest absolute Gasteiger partial charge is 0.254 e. The van der Waals surface area contributed by atoms with Gasteiger partial charge in [0, 0.05) is 12.4 Å². The van der Waals surface area contributed by atoms with E-state index in [1.54, 1.807) is 6.92 Å². The SMILES string of the molecule is CCOS(=O)(=O)n1ccnc1. The number of hydrogen-bond donors (Lipinski definition) is 0. The Morgan fingerprint density at radius 3 is 2.82 bits per heavy atom. The lowest BCUT2D eigenvalue weighted by atomic mass is 10.9. The van der Waals surface area contributed by atoms with E-state index in [-0.39, 0.29) is 6.61 Å². The van der Waals surface area contributed by atoms with Gasteiger partial charge in [-0.2, -0.15) is 8.42 Å². The summed E-state index contributed by atoms with van der Waals surface area (Å²) >= 11 is 0. The molecule has 0 fully saturated rings. The molecule has 0 saturated carbocycles. The highest BCUT2D eigenvalue weighted by atomic mass is 32.2. The average molecular weight is 176 g/mol. The largest absolute Gasteiger partial charge is 0.367 e. The Labute approximate surface area is 64.9 Å². The number of nitrogens with zero attached hydrogens (tertiary/aromatic N) is 2. The molecule has 0 atom stereocenters. The van der Waals surface area contributed by atoms with Crippen molar-refractivity contribution in [2.75, 3.05) is 6.61 Å². The van der Waals surface area contributed by atoms with E-state index in [1.165, 1.54) is 18.7 Å². The maximum atomic E-state index is 11.0. The van der Waals surface area contributed by atoms with Crippen LogP contribution in [0.1, 0.15) is 6.92 Å². The second-order valence-corrected chi connectivity index (χ2v) is 3.27. The molecule has 0 unspecified atom stereocenters. The molecule has 0 aromatic carbocycles. The van der Waals surface area contributed by atoms with Crippen molar-refractivity contribution in [3.05, 3.63) is 18.7 Å². The van der Waals surface area contributed by atoms with Gasteiger partial charge < -0.3 is 0 Å². The summed E-state index contributed by atoms with van der Waals surface area (Å²) in [6.07, 6.45) is 3.85. The lowest BCUT2D eigenvalue weighted by Gasteiger charge is -2.01. The monoisotopic (exact) mass is 176 g/mol. The fourth-order valence-corrected chi connectivity index (χ4v) is 1.38. The molecule has 1 heterocycles. The van der Waals surface area contributed by atoms with Crippen LogP contribution in [-0.2, 0) is 14.5 Å². The van der Waals surface area contributed by atoms with Crippen LogP contribution in [0.4, 0.5) is 0 Å². The number of aromatic nitrogens is 2. The maximum Gasteiger partial charge on any atom is 0.367 e. The molecule has 0 amide bonds. The Kier molecular flexibility index (Phi) is 2.25. The summed E-state index contributed by atoms with van der Waals surface area (Å²) in [4.78, 5) is 3.57. The minimum atomic E-state index is -3.61. The van der Waals surface area contributed by atoms with Crippen molar-refractivity contribution in [3.8, 4) is 0 Å². The first-order chi connectivity index (χ1) is 5.17. The lowest BCUT2D eigenvalue weighted by molar-refractivity contribution is 0.332. The van der Waals surface area contributed by atoms with Crippen LogP contribution in [0.5, 0.6) is 0 Å². The summed E-state index contributed by atoms with van der Waals surface area (Å²) in [6, 6.07) is 0. The lowest BCUT2D eigenvalue weighted by Crippen LogP contribution is -2.13. The fraction of sp³-hybridized carbons (Fsp3) is 0.400. The van der Waals surface area contributed by atoms with Gasteiger partial charge >= 0.3 is 10.3 Å². The molecule has 0 N–H and O–H groups in total. The molecular formula is C5H8N2O3S. The van der Waals surface area contributed by atoms with Crippen molar-refractivity contribution in [1.82, 2.24) is 8.96 Å². The number of rotatable bonds is 3. The first kappa shape index (κ1) is 8.22.